The molecule has 2 heteroatoms. The van der Waals surface area contributed by atoms with E-state index in [1.165, 1.54) is 19.3 Å². The van der Waals surface area contributed by atoms with Crippen LogP contribution < -0.4 is 0 Å². The Kier molecular flexibility index (Phi) is 3.33. The number of epoxide rings is 2. The Balaban J connectivity index is 1.67. The van der Waals surface area contributed by atoms with Gasteiger partial charge in [-0.1, -0.05) is 20.3 Å². The fourth-order valence-electron chi connectivity index (χ4n) is 3.03. The summed E-state index contributed by atoms with van der Waals surface area (Å²) in [5.41, 5.74) is 0.326. The molecule has 0 saturated carbocycles. The molecule has 0 aromatic carbocycles. The van der Waals surface area contributed by atoms with E-state index >= 15 is 0 Å². The average molecular weight is 240 g/mol. The minimum absolute atomic E-state index is 0.163. The third kappa shape index (κ3) is 2.39. The van der Waals surface area contributed by atoms with Crippen molar-refractivity contribution in [2.75, 3.05) is 0 Å². The molecule has 0 aliphatic carbocycles. The molecule has 0 radical (unpaired) electrons. The first-order valence-corrected chi connectivity index (χ1v) is 7.16. The van der Waals surface area contributed by atoms with Gasteiger partial charge in [0, 0.05) is 0 Å². The molecule has 0 spiro atoms. The van der Waals surface area contributed by atoms with Gasteiger partial charge < -0.3 is 9.47 Å². The summed E-state index contributed by atoms with van der Waals surface area (Å²) in [4.78, 5) is 0. The first kappa shape index (κ1) is 13.4. The van der Waals surface area contributed by atoms with Crippen molar-refractivity contribution in [2.24, 2.45) is 11.8 Å². The summed E-state index contributed by atoms with van der Waals surface area (Å²) in [7, 11) is 0. The predicted octanol–water partition coefficient (Wildman–Crippen LogP) is 3.78. The van der Waals surface area contributed by atoms with Gasteiger partial charge in [-0.3, -0.25) is 0 Å². The quantitative estimate of drug-likeness (QED) is 0.660. The van der Waals surface area contributed by atoms with Gasteiger partial charge in [0.15, 0.2) is 0 Å². The Labute approximate surface area is 106 Å². The maximum atomic E-state index is 5.70. The summed E-state index contributed by atoms with van der Waals surface area (Å²) < 4.78 is 11.4. The molecule has 0 aromatic rings. The second-order valence-corrected chi connectivity index (χ2v) is 6.62. The second kappa shape index (κ2) is 4.24. The topological polar surface area (TPSA) is 25.1 Å². The van der Waals surface area contributed by atoms with E-state index in [9.17, 15) is 0 Å². The number of ether oxygens (including phenoxy) is 2. The third-order valence-corrected chi connectivity index (χ3v) is 5.59. The average Bonchev–Trinajstić information content (AvgIpc) is 3.06. The van der Waals surface area contributed by atoms with Crippen molar-refractivity contribution in [2.45, 2.75) is 84.2 Å². The van der Waals surface area contributed by atoms with Crippen LogP contribution in [0.1, 0.15) is 60.8 Å². The van der Waals surface area contributed by atoms with Crippen LogP contribution in [-0.4, -0.2) is 23.4 Å². The molecule has 2 aliphatic rings. The monoisotopic (exact) mass is 240 g/mol. The van der Waals surface area contributed by atoms with Gasteiger partial charge in [0.25, 0.3) is 0 Å². The number of rotatable bonds is 6. The molecular weight excluding hydrogens is 212 g/mol. The summed E-state index contributed by atoms with van der Waals surface area (Å²) >= 11 is 0. The van der Waals surface area contributed by atoms with Gasteiger partial charge in [-0.15, -0.1) is 0 Å². The van der Waals surface area contributed by atoms with Crippen molar-refractivity contribution < 1.29 is 9.47 Å². The van der Waals surface area contributed by atoms with E-state index < -0.39 is 0 Å². The lowest BCUT2D eigenvalue weighted by atomic mass is 9.84. The molecule has 2 saturated heterocycles. The molecule has 2 nitrogen and oxygen atoms in total. The summed E-state index contributed by atoms with van der Waals surface area (Å²) in [5, 5.41) is 0. The lowest BCUT2D eigenvalue weighted by Gasteiger charge is -2.20. The maximum absolute atomic E-state index is 5.70. The first-order valence-electron chi connectivity index (χ1n) is 7.16. The molecule has 0 aromatic heterocycles. The highest BCUT2D eigenvalue weighted by molar-refractivity contribution is 5.01. The Morgan fingerprint density at radius 1 is 0.882 bits per heavy atom. The molecule has 2 fully saturated rings. The molecule has 0 N–H and O–H groups in total. The molecule has 2 heterocycles. The highest BCUT2D eigenvalue weighted by Gasteiger charge is 2.53. The summed E-state index contributed by atoms with van der Waals surface area (Å²) in [6.45, 7) is 13.5. The molecule has 2 aliphatic heterocycles. The Morgan fingerprint density at radius 2 is 1.18 bits per heavy atom. The van der Waals surface area contributed by atoms with Crippen molar-refractivity contribution in [3.05, 3.63) is 0 Å². The van der Waals surface area contributed by atoms with E-state index in [2.05, 4.69) is 41.5 Å². The Morgan fingerprint density at radius 3 is 1.41 bits per heavy atom. The smallest absolute Gasteiger partial charge is 0.0942 e. The van der Waals surface area contributed by atoms with Crippen molar-refractivity contribution in [1.82, 2.24) is 0 Å². The number of hydrogen-bond donors (Lipinski definition) is 0. The largest absolute Gasteiger partial charge is 0.366 e. The van der Waals surface area contributed by atoms with Crippen LogP contribution in [0.3, 0.4) is 0 Å². The molecule has 2 rings (SSSR count). The van der Waals surface area contributed by atoms with Crippen molar-refractivity contribution in [1.29, 1.82) is 0 Å². The maximum Gasteiger partial charge on any atom is 0.0942 e. The normalized spacial score (nSPS) is 47.6. The highest BCUT2D eigenvalue weighted by Crippen LogP contribution is 2.46. The van der Waals surface area contributed by atoms with E-state index in [4.69, 9.17) is 9.47 Å². The molecule has 0 amide bonds. The summed E-state index contributed by atoms with van der Waals surface area (Å²) in [5.74, 6) is 1.35. The fraction of sp³-hybridized carbons (Fsp3) is 1.00. The van der Waals surface area contributed by atoms with E-state index in [1.54, 1.807) is 0 Å². The van der Waals surface area contributed by atoms with Crippen molar-refractivity contribution in [3.8, 4) is 0 Å². The van der Waals surface area contributed by atoms with Gasteiger partial charge in [-0.05, 0) is 52.4 Å². The van der Waals surface area contributed by atoms with Crippen LogP contribution in [-0.2, 0) is 9.47 Å². The van der Waals surface area contributed by atoms with E-state index in [0.717, 1.165) is 0 Å². The lowest BCUT2D eigenvalue weighted by Crippen LogP contribution is -2.22. The molecule has 6 unspecified atom stereocenters. The van der Waals surface area contributed by atoms with Crippen LogP contribution in [0, 0.1) is 11.8 Å². The van der Waals surface area contributed by atoms with Crippen LogP contribution in [0.15, 0.2) is 0 Å². The van der Waals surface area contributed by atoms with Crippen LogP contribution in [0.25, 0.3) is 0 Å². The minimum Gasteiger partial charge on any atom is -0.366 e. The van der Waals surface area contributed by atoms with Crippen LogP contribution in [0.4, 0.5) is 0 Å². The zero-order valence-electron chi connectivity index (χ0n) is 12.2. The zero-order valence-corrected chi connectivity index (χ0v) is 12.2. The minimum atomic E-state index is 0.163. The van der Waals surface area contributed by atoms with E-state index in [0.29, 0.717) is 24.0 Å². The van der Waals surface area contributed by atoms with E-state index in [1.807, 2.05) is 0 Å². The molecule has 0 bridgehead atoms. The number of hydrogen-bond acceptors (Lipinski definition) is 2. The summed E-state index contributed by atoms with van der Waals surface area (Å²) in [6.07, 6.45) is 4.75. The fourth-order valence-corrected chi connectivity index (χ4v) is 3.03. The zero-order chi connectivity index (χ0) is 12.8. The molecule has 17 heavy (non-hydrogen) atoms. The third-order valence-electron chi connectivity index (χ3n) is 5.59. The lowest BCUT2D eigenvalue weighted by molar-refractivity contribution is 0.210. The van der Waals surface area contributed by atoms with Crippen LogP contribution in [0.2, 0.25) is 0 Å². The van der Waals surface area contributed by atoms with Gasteiger partial charge >= 0.3 is 0 Å². The van der Waals surface area contributed by atoms with E-state index in [-0.39, 0.29) is 11.2 Å². The van der Waals surface area contributed by atoms with Crippen molar-refractivity contribution >= 4 is 0 Å². The highest BCUT2D eigenvalue weighted by atomic mass is 16.6. The van der Waals surface area contributed by atoms with Crippen molar-refractivity contribution in [3.63, 3.8) is 0 Å². The molecular formula is C15H28O2. The predicted molar refractivity (Wildman–Crippen MR) is 70.1 cm³/mol. The SMILES string of the molecule is CC(CCCC(C)C1(C)OC1C)C1(C)OC1C. The molecule has 100 valence electrons. The Bertz CT molecular complexity index is 263. The van der Waals surface area contributed by atoms with Gasteiger partial charge in [-0.25, -0.2) is 0 Å². The van der Waals surface area contributed by atoms with Gasteiger partial charge in [0.05, 0.1) is 23.4 Å². The van der Waals surface area contributed by atoms with Gasteiger partial charge in [-0.2, -0.15) is 0 Å². The molecule has 6 atom stereocenters. The summed E-state index contributed by atoms with van der Waals surface area (Å²) in [6, 6.07) is 0. The van der Waals surface area contributed by atoms with Gasteiger partial charge in [0.2, 0.25) is 0 Å². The second-order valence-electron chi connectivity index (χ2n) is 6.62. The first-order chi connectivity index (χ1) is 7.80. The standard InChI is InChI=1S/C15H28O2/c1-10(14(5)12(3)16-14)8-7-9-11(2)15(6)13(4)17-15/h10-13H,7-9H2,1-6H3. The van der Waals surface area contributed by atoms with Gasteiger partial charge in [0.1, 0.15) is 0 Å². The van der Waals surface area contributed by atoms with Crippen LogP contribution in [0.5, 0.6) is 0 Å². The Hall–Kier alpha value is -0.0800. The van der Waals surface area contributed by atoms with Crippen LogP contribution >= 0.6 is 0 Å².